The maximum atomic E-state index is 2.55. The van der Waals surface area contributed by atoms with Crippen LogP contribution in [0.1, 0.15) is 50.3 Å². The van der Waals surface area contributed by atoms with Crippen molar-refractivity contribution < 1.29 is 0 Å². The third-order valence-corrected chi connectivity index (χ3v) is 10.7. The van der Waals surface area contributed by atoms with E-state index in [1.165, 1.54) is 67.1 Å². The molecule has 2 heteroatoms. The van der Waals surface area contributed by atoms with Gasteiger partial charge in [-0.25, -0.2) is 0 Å². The number of benzene rings is 5. The van der Waals surface area contributed by atoms with E-state index in [-0.39, 0.29) is 11.5 Å². The van der Waals surface area contributed by atoms with E-state index in [2.05, 4.69) is 170 Å². The molecule has 2 unspecified atom stereocenters. The summed E-state index contributed by atoms with van der Waals surface area (Å²) in [5.74, 6) is 0.560. The van der Waals surface area contributed by atoms with Crippen LogP contribution in [-0.2, 0) is 5.41 Å². The van der Waals surface area contributed by atoms with Crippen molar-refractivity contribution in [2.75, 3.05) is 9.80 Å². The Kier molecular flexibility index (Phi) is 6.05. The molecule has 46 heavy (non-hydrogen) atoms. The first-order valence-electron chi connectivity index (χ1n) is 16.7. The summed E-state index contributed by atoms with van der Waals surface area (Å²) in [5, 5.41) is 2.52. The second kappa shape index (κ2) is 10.2. The molecule has 0 saturated carbocycles. The van der Waals surface area contributed by atoms with Crippen LogP contribution in [0, 0.1) is 5.92 Å². The van der Waals surface area contributed by atoms with Gasteiger partial charge in [-0.1, -0.05) is 123 Å². The van der Waals surface area contributed by atoms with Crippen molar-refractivity contribution in [2.24, 2.45) is 5.92 Å². The van der Waals surface area contributed by atoms with Gasteiger partial charge in [0.05, 0.1) is 11.7 Å². The normalized spacial score (nSPS) is 20.5. The third-order valence-electron chi connectivity index (χ3n) is 10.7. The van der Waals surface area contributed by atoms with Crippen LogP contribution in [0.2, 0.25) is 0 Å². The van der Waals surface area contributed by atoms with Gasteiger partial charge in [0, 0.05) is 33.7 Å². The maximum absolute atomic E-state index is 2.55. The summed E-state index contributed by atoms with van der Waals surface area (Å²) in [4.78, 5) is 5.08. The van der Waals surface area contributed by atoms with Crippen LogP contribution in [0.4, 0.5) is 22.7 Å². The largest absolute Gasteiger partial charge is 0.333 e. The van der Waals surface area contributed by atoms with Crippen LogP contribution in [0.15, 0.2) is 151 Å². The van der Waals surface area contributed by atoms with Gasteiger partial charge in [-0.15, -0.1) is 0 Å². The van der Waals surface area contributed by atoms with Crippen LogP contribution in [0.5, 0.6) is 0 Å². The second-order valence-electron chi connectivity index (χ2n) is 13.8. The lowest BCUT2D eigenvalue weighted by molar-refractivity contribution is 0.566. The fourth-order valence-electron chi connectivity index (χ4n) is 8.54. The molecule has 0 bridgehead atoms. The Balaban J connectivity index is 1.24. The summed E-state index contributed by atoms with van der Waals surface area (Å²) in [7, 11) is 0. The van der Waals surface area contributed by atoms with E-state index in [1.807, 2.05) is 0 Å². The summed E-state index contributed by atoms with van der Waals surface area (Å²) < 4.78 is 0. The van der Waals surface area contributed by atoms with Crippen LogP contribution < -0.4 is 9.80 Å². The number of hydrogen-bond donors (Lipinski definition) is 0. The number of anilines is 4. The first-order valence-corrected chi connectivity index (χ1v) is 16.7. The number of allylic oxidation sites excluding steroid dienone is 5. The van der Waals surface area contributed by atoms with Crippen molar-refractivity contribution in [3.63, 3.8) is 0 Å². The van der Waals surface area contributed by atoms with Gasteiger partial charge in [0.2, 0.25) is 0 Å². The third kappa shape index (κ3) is 4.02. The molecule has 0 saturated heterocycles. The number of rotatable bonds is 4. The predicted molar refractivity (Wildman–Crippen MR) is 195 cm³/mol. The fourth-order valence-corrected chi connectivity index (χ4v) is 8.54. The summed E-state index contributed by atoms with van der Waals surface area (Å²) in [6.07, 6.45) is 11.8. The summed E-state index contributed by atoms with van der Waals surface area (Å²) in [6.45, 7) is 7.23. The van der Waals surface area contributed by atoms with Gasteiger partial charge in [0.1, 0.15) is 0 Å². The van der Waals surface area contributed by atoms with Crippen molar-refractivity contribution in [2.45, 2.75) is 45.1 Å². The molecule has 0 amide bonds. The number of nitrogens with zero attached hydrogens (tertiary/aromatic N) is 2. The molecule has 5 aromatic carbocycles. The molecule has 0 radical (unpaired) electrons. The Morgan fingerprint density at radius 2 is 1.52 bits per heavy atom. The Morgan fingerprint density at radius 1 is 0.761 bits per heavy atom. The summed E-state index contributed by atoms with van der Waals surface area (Å²) >= 11 is 0. The molecular weight excluding hydrogens is 556 g/mol. The molecule has 9 rings (SSSR count). The predicted octanol–water partition coefficient (Wildman–Crippen LogP) is 11.5. The Morgan fingerprint density at radius 3 is 2.39 bits per heavy atom. The zero-order valence-corrected chi connectivity index (χ0v) is 26.7. The smallest absolute Gasteiger partial charge is 0.0634 e. The standard InChI is InChI=1S/C44H38N2/c1-29-20-24-35-37-17-11-19-42(43(37)44(2,3)39(35)26-29)45(33-22-21-30-12-7-8-13-31(30)27-33)34-23-25-41-38(28-34)36-16-9-10-18-40(36)46(41)32-14-5-4-6-15-32/h4-24,27-29,41H,25-26H2,1-3H3. The van der Waals surface area contributed by atoms with Crippen molar-refractivity contribution >= 4 is 44.7 Å². The number of fused-ring (bicyclic) bond motifs is 6. The van der Waals surface area contributed by atoms with Gasteiger partial charge < -0.3 is 9.80 Å². The zero-order chi connectivity index (χ0) is 31.0. The van der Waals surface area contributed by atoms with E-state index in [0.717, 1.165) is 12.8 Å². The molecular formula is C44H38N2. The van der Waals surface area contributed by atoms with E-state index in [4.69, 9.17) is 0 Å². The van der Waals surface area contributed by atoms with E-state index in [1.54, 1.807) is 5.57 Å². The van der Waals surface area contributed by atoms with E-state index in [9.17, 15) is 0 Å². The van der Waals surface area contributed by atoms with Gasteiger partial charge in [-0.3, -0.25) is 0 Å². The summed E-state index contributed by atoms with van der Waals surface area (Å²) in [6, 6.07) is 42.7. The quantitative estimate of drug-likeness (QED) is 0.204. The number of para-hydroxylation sites is 2. The van der Waals surface area contributed by atoms with E-state index < -0.39 is 0 Å². The van der Waals surface area contributed by atoms with Gasteiger partial charge >= 0.3 is 0 Å². The van der Waals surface area contributed by atoms with Gasteiger partial charge in [0.25, 0.3) is 0 Å². The SMILES string of the molecule is CC1C=CC2=C(C1)C(C)(C)c1c2cccc1N(C1=CCC2C(=C1)c1ccccc1N2c1ccccc1)c1ccc2ccccc2c1. The van der Waals surface area contributed by atoms with Gasteiger partial charge in [-0.05, 0) is 94.3 Å². The van der Waals surface area contributed by atoms with Crippen LogP contribution in [-0.4, -0.2) is 6.04 Å². The summed E-state index contributed by atoms with van der Waals surface area (Å²) in [5.41, 5.74) is 14.7. The highest BCUT2D eigenvalue weighted by Gasteiger charge is 2.42. The lowest BCUT2D eigenvalue weighted by Crippen LogP contribution is -2.30. The Hall–Kier alpha value is -5.08. The molecule has 224 valence electrons. The van der Waals surface area contributed by atoms with Crippen LogP contribution in [0.3, 0.4) is 0 Å². The Bertz CT molecular complexity index is 2160. The molecule has 2 atom stereocenters. The first kappa shape index (κ1) is 27.2. The van der Waals surface area contributed by atoms with Crippen molar-refractivity contribution in [1.82, 2.24) is 0 Å². The molecule has 2 nitrogen and oxygen atoms in total. The highest BCUT2D eigenvalue weighted by atomic mass is 15.2. The molecule has 1 aliphatic heterocycles. The minimum atomic E-state index is -0.0651. The van der Waals surface area contributed by atoms with E-state index in [0.29, 0.717) is 5.92 Å². The highest BCUT2D eigenvalue weighted by Crippen LogP contribution is 2.56. The van der Waals surface area contributed by atoms with Gasteiger partial charge in [-0.2, -0.15) is 0 Å². The monoisotopic (exact) mass is 594 g/mol. The van der Waals surface area contributed by atoms with Crippen molar-refractivity contribution in [3.8, 4) is 0 Å². The lowest BCUT2D eigenvalue weighted by atomic mass is 9.76. The second-order valence-corrected chi connectivity index (χ2v) is 13.8. The van der Waals surface area contributed by atoms with Gasteiger partial charge in [0.15, 0.2) is 0 Å². The average molecular weight is 595 g/mol. The van der Waals surface area contributed by atoms with Crippen LogP contribution in [0.25, 0.3) is 21.9 Å². The molecule has 0 spiro atoms. The van der Waals surface area contributed by atoms with Crippen molar-refractivity contribution in [1.29, 1.82) is 0 Å². The minimum Gasteiger partial charge on any atom is -0.333 e. The maximum Gasteiger partial charge on any atom is 0.0634 e. The van der Waals surface area contributed by atoms with Crippen LogP contribution >= 0.6 is 0 Å². The van der Waals surface area contributed by atoms with E-state index >= 15 is 0 Å². The zero-order valence-electron chi connectivity index (χ0n) is 26.7. The molecule has 0 aromatic heterocycles. The first-order chi connectivity index (χ1) is 22.5. The molecule has 0 fully saturated rings. The molecule has 4 aliphatic rings. The molecule has 3 aliphatic carbocycles. The lowest BCUT2D eigenvalue weighted by Gasteiger charge is -2.36. The Labute approximate surface area is 272 Å². The highest BCUT2D eigenvalue weighted by molar-refractivity contribution is 5.97. The molecule has 0 N–H and O–H groups in total. The topological polar surface area (TPSA) is 6.48 Å². The molecule has 1 heterocycles. The fraction of sp³-hybridized carbons (Fsp3) is 0.182. The average Bonchev–Trinajstić information content (AvgIpc) is 3.53. The molecule has 5 aromatic rings. The van der Waals surface area contributed by atoms with Crippen molar-refractivity contribution in [3.05, 3.63) is 168 Å². The minimum absolute atomic E-state index is 0.0651. The number of hydrogen-bond acceptors (Lipinski definition) is 2.